The zero-order valence-corrected chi connectivity index (χ0v) is 21.2. The lowest BCUT2D eigenvalue weighted by Gasteiger charge is -2.29. The van der Waals surface area contributed by atoms with Crippen LogP contribution in [-0.2, 0) is 19.1 Å². The third kappa shape index (κ3) is 7.96. The van der Waals surface area contributed by atoms with Crippen molar-refractivity contribution in [2.24, 2.45) is 17.8 Å². The molecule has 1 aromatic carbocycles. The summed E-state index contributed by atoms with van der Waals surface area (Å²) in [5.74, 6) is -2.16. The Kier molecular flexibility index (Phi) is 10.1. The molecule has 36 heavy (non-hydrogen) atoms. The fourth-order valence-corrected chi connectivity index (χ4v) is 5.16. The Balaban J connectivity index is 1.69. The molecule has 3 rings (SSSR count). The molecule has 2 aliphatic rings. The Labute approximate surface area is 212 Å². The molecule has 1 saturated carbocycles. The van der Waals surface area contributed by atoms with E-state index in [0.717, 1.165) is 37.7 Å². The first-order valence-corrected chi connectivity index (χ1v) is 13.1. The van der Waals surface area contributed by atoms with Crippen LogP contribution in [0.1, 0.15) is 76.9 Å². The first kappa shape index (κ1) is 27.5. The summed E-state index contributed by atoms with van der Waals surface area (Å²) in [6, 6.07) is 7.28. The van der Waals surface area contributed by atoms with Gasteiger partial charge in [-0.2, -0.15) is 0 Å². The maximum absolute atomic E-state index is 13.3. The molecule has 1 heterocycles. The Morgan fingerprint density at radius 1 is 1.00 bits per heavy atom. The number of carbonyl (C=O) groups excluding carboxylic acids is 3. The standard InChI is InChI=1S/C27H39N3O6/c1-17(2)23(19-11-7-4-8-12-19)36-27(35)30-21(15-18-9-5-3-6-10-18)25(32)29-22(26(33)34)16-20-13-14-28-24(20)31/h4,7-8,11-12,17-18,20-23H,3,5-6,9-10,13-16H2,1-2H3,(H,28,31)(H,29,32)(H,30,35)(H,33,34)/t20-,21?,22?,23?/m0/s1. The van der Waals surface area contributed by atoms with Crippen LogP contribution >= 0.6 is 0 Å². The summed E-state index contributed by atoms with van der Waals surface area (Å²) in [6.07, 6.45) is 4.97. The van der Waals surface area contributed by atoms with Gasteiger partial charge in [-0.05, 0) is 36.7 Å². The molecular formula is C27H39N3O6. The van der Waals surface area contributed by atoms with Gasteiger partial charge in [0.2, 0.25) is 11.8 Å². The topological polar surface area (TPSA) is 134 Å². The highest BCUT2D eigenvalue weighted by molar-refractivity contribution is 5.90. The largest absolute Gasteiger partial charge is 0.480 e. The molecule has 198 valence electrons. The monoisotopic (exact) mass is 501 g/mol. The molecule has 3 amide bonds. The Hall–Kier alpha value is -3.10. The lowest BCUT2D eigenvalue weighted by Crippen LogP contribution is -2.53. The van der Waals surface area contributed by atoms with Gasteiger partial charge in [-0.1, -0.05) is 76.3 Å². The number of hydrogen-bond acceptors (Lipinski definition) is 5. The summed E-state index contributed by atoms with van der Waals surface area (Å²) in [7, 11) is 0. The van der Waals surface area contributed by atoms with Gasteiger partial charge in [0.25, 0.3) is 0 Å². The van der Waals surface area contributed by atoms with E-state index in [1.54, 1.807) is 0 Å². The predicted molar refractivity (Wildman–Crippen MR) is 134 cm³/mol. The van der Waals surface area contributed by atoms with Crippen LogP contribution in [0.15, 0.2) is 30.3 Å². The first-order valence-electron chi connectivity index (χ1n) is 13.1. The lowest BCUT2D eigenvalue weighted by molar-refractivity contribution is -0.143. The van der Waals surface area contributed by atoms with Gasteiger partial charge in [-0.25, -0.2) is 9.59 Å². The van der Waals surface area contributed by atoms with Crippen molar-refractivity contribution >= 4 is 23.9 Å². The molecule has 3 unspecified atom stereocenters. The summed E-state index contributed by atoms with van der Waals surface area (Å²) >= 11 is 0. The summed E-state index contributed by atoms with van der Waals surface area (Å²) < 4.78 is 5.74. The zero-order chi connectivity index (χ0) is 26.1. The van der Waals surface area contributed by atoms with E-state index in [4.69, 9.17) is 4.74 Å². The van der Waals surface area contributed by atoms with E-state index in [1.807, 2.05) is 44.2 Å². The fraction of sp³-hybridized carbons (Fsp3) is 0.630. The van der Waals surface area contributed by atoms with Crippen molar-refractivity contribution in [3.8, 4) is 0 Å². The highest BCUT2D eigenvalue weighted by Gasteiger charge is 2.34. The first-order chi connectivity index (χ1) is 17.2. The summed E-state index contributed by atoms with van der Waals surface area (Å²) in [4.78, 5) is 50.0. The number of ether oxygens (including phenoxy) is 1. The normalized spacial score (nSPS) is 20.8. The van der Waals surface area contributed by atoms with Gasteiger partial charge in [0, 0.05) is 12.5 Å². The fourth-order valence-electron chi connectivity index (χ4n) is 5.16. The van der Waals surface area contributed by atoms with Crippen LogP contribution < -0.4 is 16.0 Å². The van der Waals surface area contributed by atoms with Gasteiger partial charge >= 0.3 is 12.1 Å². The van der Waals surface area contributed by atoms with Crippen molar-refractivity contribution in [3.05, 3.63) is 35.9 Å². The number of carboxylic acid groups (broad SMARTS) is 1. The van der Waals surface area contributed by atoms with Crippen LogP contribution in [0.2, 0.25) is 0 Å². The molecule has 1 saturated heterocycles. The van der Waals surface area contributed by atoms with Crippen molar-refractivity contribution in [2.75, 3.05) is 6.54 Å². The highest BCUT2D eigenvalue weighted by Crippen LogP contribution is 2.29. The van der Waals surface area contributed by atoms with E-state index in [0.29, 0.717) is 19.4 Å². The van der Waals surface area contributed by atoms with E-state index >= 15 is 0 Å². The average Bonchev–Trinajstić information content (AvgIpc) is 3.26. The second kappa shape index (κ2) is 13.3. The molecule has 0 radical (unpaired) electrons. The third-order valence-corrected chi connectivity index (χ3v) is 7.17. The van der Waals surface area contributed by atoms with Crippen LogP contribution in [0.4, 0.5) is 4.79 Å². The van der Waals surface area contributed by atoms with Gasteiger partial charge in [-0.3, -0.25) is 9.59 Å². The van der Waals surface area contributed by atoms with Crippen molar-refractivity contribution in [1.29, 1.82) is 0 Å². The van der Waals surface area contributed by atoms with Gasteiger partial charge in [-0.15, -0.1) is 0 Å². The number of carboxylic acids is 1. The van der Waals surface area contributed by atoms with E-state index in [2.05, 4.69) is 16.0 Å². The summed E-state index contributed by atoms with van der Waals surface area (Å²) in [6.45, 7) is 4.40. The molecule has 4 N–H and O–H groups in total. The molecule has 9 nitrogen and oxygen atoms in total. The predicted octanol–water partition coefficient (Wildman–Crippen LogP) is 3.54. The molecule has 1 aliphatic carbocycles. The lowest BCUT2D eigenvalue weighted by atomic mass is 9.84. The molecule has 1 aromatic rings. The molecule has 1 aliphatic heterocycles. The number of benzene rings is 1. The number of nitrogens with one attached hydrogen (secondary N) is 3. The number of rotatable bonds is 11. The number of hydrogen-bond donors (Lipinski definition) is 4. The maximum Gasteiger partial charge on any atom is 0.408 e. The molecule has 0 spiro atoms. The van der Waals surface area contributed by atoms with E-state index in [1.165, 1.54) is 0 Å². The molecule has 9 heteroatoms. The van der Waals surface area contributed by atoms with Crippen LogP contribution in [0, 0.1) is 17.8 Å². The number of aliphatic carboxylic acids is 1. The minimum Gasteiger partial charge on any atom is -0.480 e. The maximum atomic E-state index is 13.3. The van der Waals surface area contributed by atoms with Crippen molar-refractivity contribution in [1.82, 2.24) is 16.0 Å². The van der Waals surface area contributed by atoms with E-state index < -0.39 is 42.1 Å². The molecule has 0 aromatic heterocycles. The second-order valence-electron chi connectivity index (χ2n) is 10.3. The molecule has 0 bridgehead atoms. The van der Waals surface area contributed by atoms with E-state index in [9.17, 15) is 24.3 Å². The minimum absolute atomic E-state index is 0.0108. The van der Waals surface area contributed by atoms with E-state index in [-0.39, 0.29) is 24.2 Å². The Morgan fingerprint density at radius 3 is 2.28 bits per heavy atom. The Bertz CT molecular complexity index is 900. The van der Waals surface area contributed by atoms with Gasteiger partial charge < -0.3 is 25.8 Å². The number of alkyl carbamates (subject to hydrolysis) is 1. The van der Waals surface area contributed by atoms with Crippen LogP contribution in [0.5, 0.6) is 0 Å². The third-order valence-electron chi connectivity index (χ3n) is 7.17. The van der Waals surface area contributed by atoms with Crippen LogP contribution in [0.25, 0.3) is 0 Å². The van der Waals surface area contributed by atoms with Crippen molar-refractivity contribution < 1.29 is 29.0 Å². The quantitative estimate of drug-likeness (QED) is 0.366. The van der Waals surface area contributed by atoms with Crippen LogP contribution in [0.3, 0.4) is 0 Å². The minimum atomic E-state index is -1.22. The van der Waals surface area contributed by atoms with Crippen LogP contribution in [-0.4, -0.2) is 47.6 Å². The molecule has 2 fully saturated rings. The highest BCUT2D eigenvalue weighted by atomic mass is 16.6. The van der Waals surface area contributed by atoms with Gasteiger partial charge in [0.1, 0.15) is 18.2 Å². The molecular weight excluding hydrogens is 462 g/mol. The van der Waals surface area contributed by atoms with Crippen molar-refractivity contribution in [2.45, 2.75) is 83.4 Å². The summed E-state index contributed by atoms with van der Waals surface area (Å²) in [5, 5.41) is 17.7. The number of carbonyl (C=O) groups is 4. The number of amides is 3. The smallest absolute Gasteiger partial charge is 0.408 e. The van der Waals surface area contributed by atoms with Crippen molar-refractivity contribution in [3.63, 3.8) is 0 Å². The van der Waals surface area contributed by atoms with Gasteiger partial charge in [0.05, 0.1) is 0 Å². The molecule has 4 atom stereocenters. The van der Waals surface area contributed by atoms with Gasteiger partial charge in [0.15, 0.2) is 0 Å². The summed E-state index contributed by atoms with van der Waals surface area (Å²) in [5.41, 5.74) is 0.858. The SMILES string of the molecule is CC(C)C(OC(=O)NC(CC1CCCCC1)C(=O)NC(C[C@@H]1CCNC1=O)C(=O)O)c1ccccc1. The Morgan fingerprint density at radius 2 is 1.69 bits per heavy atom. The zero-order valence-electron chi connectivity index (χ0n) is 21.2. The second-order valence-corrected chi connectivity index (χ2v) is 10.3. The average molecular weight is 502 g/mol.